The van der Waals surface area contributed by atoms with Crippen LogP contribution < -0.4 is 5.32 Å². The Balaban J connectivity index is 1.77. The van der Waals surface area contributed by atoms with E-state index in [4.69, 9.17) is 4.74 Å². The van der Waals surface area contributed by atoms with Gasteiger partial charge in [-0.3, -0.25) is 0 Å². The van der Waals surface area contributed by atoms with Crippen LogP contribution in [0, 0.1) is 0 Å². The van der Waals surface area contributed by atoms with Crippen molar-refractivity contribution >= 4 is 5.82 Å². The molecule has 0 aliphatic heterocycles. The lowest BCUT2D eigenvalue weighted by molar-refractivity contribution is 0.0167. The summed E-state index contributed by atoms with van der Waals surface area (Å²) in [6.07, 6.45) is 8.84. The average molecular weight is 234 g/mol. The van der Waals surface area contributed by atoms with Crippen molar-refractivity contribution in [3.63, 3.8) is 0 Å². The zero-order valence-electron chi connectivity index (χ0n) is 10.6. The molecule has 0 amide bonds. The zero-order chi connectivity index (χ0) is 11.9. The Morgan fingerprint density at radius 3 is 2.76 bits per heavy atom. The van der Waals surface area contributed by atoms with Crippen molar-refractivity contribution in [3.05, 3.63) is 23.9 Å². The van der Waals surface area contributed by atoms with Gasteiger partial charge in [-0.25, -0.2) is 4.98 Å². The van der Waals surface area contributed by atoms with Gasteiger partial charge in [0.05, 0.1) is 12.7 Å². The minimum atomic E-state index is 0.470. The number of ether oxygens (including phenoxy) is 1. The van der Waals surface area contributed by atoms with Crippen molar-refractivity contribution in [1.29, 1.82) is 0 Å². The van der Waals surface area contributed by atoms with Crippen molar-refractivity contribution in [1.82, 2.24) is 4.98 Å². The Morgan fingerprint density at radius 2 is 2.12 bits per heavy atom. The molecule has 1 aromatic heterocycles. The molecule has 0 bridgehead atoms. The molecular weight excluding hydrogens is 212 g/mol. The molecular formula is C14H22N2O. The van der Waals surface area contributed by atoms with E-state index >= 15 is 0 Å². The molecule has 0 unspecified atom stereocenters. The van der Waals surface area contributed by atoms with Gasteiger partial charge in [0.15, 0.2) is 0 Å². The summed E-state index contributed by atoms with van der Waals surface area (Å²) < 4.78 is 5.91. The lowest BCUT2D eigenvalue weighted by Crippen LogP contribution is -2.16. The van der Waals surface area contributed by atoms with Gasteiger partial charge >= 0.3 is 0 Å². The van der Waals surface area contributed by atoms with E-state index in [-0.39, 0.29) is 0 Å². The Hall–Kier alpha value is -1.09. The minimum absolute atomic E-state index is 0.470. The zero-order valence-corrected chi connectivity index (χ0v) is 10.6. The fraction of sp³-hybridized carbons (Fsp3) is 0.643. The second-order valence-corrected chi connectivity index (χ2v) is 4.65. The van der Waals surface area contributed by atoms with Crippen molar-refractivity contribution in [3.8, 4) is 0 Å². The summed E-state index contributed by atoms with van der Waals surface area (Å²) in [5, 5.41) is 3.19. The van der Waals surface area contributed by atoms with Crippen LogP contribution in [0.15, 0.2) is 18.3 Å². The van der Waals surface area contributed by atoms with Crippen LogP contribution in [-0.2, 0) is 11.3 Å². The van der Waals surface area contributed by atoms with E-state index in [1.54, 1.807) is 0 Å². The van der Waals surface area contributed by atoms with Crippen LogP contribution in [0.25, 0.3) is 0 Å². The second kappa shape index (κ2) is 6.60. The van der Waals surface area contributed by atoms with E-state index in [0.717, 1.165) is 17.9 Å². The highest BCUT2D eigenvalue weighted by atomic mass is 16.5. The fourth-order valence-electron chi connectivity index (χ4n) is 2.24. The highest BCUT2D eigenvalue weighted by Gasteiger charge is 2.13. The van der Waals surface area contributed by atoms with Gasteiger partial charge in [0, 0.05) is 12.7 Å². The van der Waals surface area contributed by atoms with E-state index in [0.29, 0.717) is 12.7 Å². The van der Waals surface area contributed by atoms with Crippen LogP contribution in [-0.4, -0.2) is 17.6 Å². The van der Waals surface area contributed by atoms with E-state index in [1.165, 1.54) is 32.1 Å². The summed E-state index contributed by atoms with van der Waals surface area (Å²) in [5.41, 5.74) is 1.16. The number of pyridine rings is 1. The molecule has 0 spiro atoms. The van der Waals surface area contributed by atoms with Crippen molar-refractivity contribution in [2.45, 2.75) is 51.7 Å². The maximum Gasteiger partial charge on any atom is 0.125 e. The van der Waals surface area contributed by atoms with Crippen LogP contribution >= 0.6 is 0 Å². The minimum Gasteiger partial charge on any atom is -0.373 e. The fourth-order valence-corrected chi connectivity index (χ4v) is 2.24. The molecule has 3 heteroatoms. The summed E-state index contributed by atoms with van der Waals surface area (Å²) in [6, 6.07) is 4.11. The van der Waals surface area contributed by atoms with Gasteiger partial charge in [-0.15, -0.1) is 0 Å². The molecule has 1 fully saturated rings. The number of rotatable bonds is 5. The van der Waals surface area contributed by atoms with Gasteiger partial charge in [0.2, 0.25) is 0 Å². The molecule has 1 aromatic rings. The molecule has 1 saturated carbocycles. The first-order valence-electron chi connectivity index (χ1n) is 6.69. The molecule has 3 nitrogen and oxygen atoms in total. The van der Waals surface area contributed by atoms with E-state index in [1.807, 2.05) is 12.3 Å². The lowest BCUT2D eigenvalue weighted by atomic mass is 9.98. The van der Waals surface area contributed by atoms with Gasteiger partial charge in [-0.2, -0.15) is 0 Å². The highest BCUT2D eigenvalue weighted by molar-refractivity contribution is 5.34. The summed E-state index contributed by atoms with van der Waals surface area (Å²) in [5.74, 6) is 0.939. The van der Waals surface area contributed by atoms with Gasteiger partial charge in [-0.05, 0) is 31.4 Å². The summed E-state index contributed by atoms with van der Waals surface area (Å²) in [7, 11) is 0. The normalized spacial score (nSPS) is 17.0. The summed E-state index contributed by atoms with van der Waals surface area (Å²) in [6.45, 7) is 3.68. The average Bonchev–Trinajstić information content (AvgIpc) is 2.40. The van der Waals surface area contributed by atoms with E-state index in [9.17, 15) is 0 Å². The first-order valence-corrected chi connectivity index (χ1v) is 6.69. The number of aromatic nitrogens is 1. The third-order valence-electron chi connectivity index (χ3n) is 3.22. The Morgan fingerprint density at radius 1 is 1.29 bits per heavy atom. The SMILES string of the molecule is CCNc1ccc(COC2CCCCC2)cn1. The van der Waals surface area contributed by atoms with Gasteiger partial charge in [-0.1, -0.05) is 25.3 Å². The molecule has 1 heterocycles. The van der Waals surface area contributed by atoms with Crippen LogP contribution in [0.3, 0.4) is 0 Å². The quantitative estimate of drug-likeness (QED) is 0.848. The van der Waals surface area contributed by atoms with Gasteiger partial charge in [0.1, 0.15) is 5.82 Å². The van der Waals surface area contributed by atoms with Gasteiger partial charge in [0.25, 0.3) is 0 Å². The number of hydrogen-bond donors (Lipinski definition) is 1. The maximum atomic E-state index is 5.91. The van der Waals surface area contributed by atoms with Crippen LogP contribution in [0.5, 0.6) is 0 Å². The number of hydrogen-bond acceptors (Lipinski definition) is 3. The third kappa shape index (κ3) is 4.00. The number of nitrogens with one attached hydrogen (secondary N) is 1. The first kappa shape index (κ1) is 12.4. The molecule has 17 heavy (non-hydrogen) atoms. The molecule has 0 radical (unpaired) electrons. The van der Waals surface area contributed by atoms with Crippen molar-refractivity contribution < 1.29 is 4.74 Å². The Bertz CT molecular complexity index is 317. The van der Waals surface area contributed by atoms with Crippen LogP contribution in [0.1, 0.15) is 44.6 Å². The predicted molar refractivity (Wildman–Crippen MR) is 70.1 cm³/mol. The first-order chi connectivity index (χ1) is 8.38. The van der Waals surface area contributed by atoms with Crippen molar-refractivity contribution in [2.24, 2.45) is 0 Å². The summed E-state index contributed by atoms with van der Waals surface area (Å²) in [4.78, 5) is 4.34. The van der Waals surface area contributed by atoms with E-state index < -0.39 is 0 Å². The Labute approximate surface area is 104 Å². The van der Waals surface area contributed by atoms with E-state index in [2.05, 4.69) is 23.3 Å². The third-order valence-corrected chi connectivity index (χ3v) is 3.22. The smallest absolute Gasteiger partial charge is 0.125 e. The highest BCUT2D eigenvalue weighted by Crippen LogP contribution is 2.21. The van der Waals surface area contributed by atoms with Crippen molar-refractivity contribution in [2.75, 3.05) is 11.9 Å². The van der Waals surface area contributed by atoms with Gasteiger partial charge < -0.3 is 10.1 Å². The molecule has 0 atom stereocenters. The molecule has 1 aliphatic rings. The summed E-state index contributed by atoms with van der Waals surface area (Å²) >= 11 is 0. The maximum absolute atomic E-state index is 5.91. The molecule has 2 rings (SSSR count). The van der Waals surface area contributed by atoms with Crippen LogP contribution in [0.4, 0.5) is 5.82 Å². The number of anilines is 1. The standard InChI is InChI=1S/C14H22N2O/c1-2-15-14-9-8-12(10-16-14)11-17-13-6-4-3-5-7-13/h8-10,13H,2-7,11H2,1H3,(H,15,16). The monoisotopic (exact) mass is 234 g/mol. The largest absolute Gasteiger partial charge is 0.373 e. The second-order valence-electron chi connectivity index (χ2n) is 4.65. The van der Waals surface area contributed by atoms with Crippen LogP contribution in [0.2, 0.25) is 0 Å². The number of nitrogens with zero attached hydrogens (tertiary/aromatic N) is 1. The topological polar surface area (TPSA) is 34.1 Å². The Kier molecular flexibility index (Phi) is 4.80. The molecule has 1 N–H and O–H groups in total. The molecule has 94 valence electrons. The lowest BCUT2D eigenvalue weighted by Gasteiger charge is -2.21. The molecule has 0 aromatic carbocycles. The molecule has 1 aliphatic carbocycles. The molecule has 0 saturated heterocycles. The predicted octanol–water partition coefficient (Wildman–Crippen LogP) is 3.36.